The number of aryl methyl sites for hydroxylation is 1. The number of halogens is 1. The largest absolute Gasteiger partial charge is 0.397 e. The van der Waals surface area contributed by atoms with E-state index in [0.29, 0.717) is 23.1 Å². The van der Waals surface area contributed by atoms with Crippen LogP contribution in [0.4, 0.5) is 5.69 Å². The first-order chi connectivity index (χ1) is 7.06. The van der Waals surface area contributed by atoms with E-state index < -0.39 is 12.2 Å². The lowest BCUT2D eigenvalue weighted by Crippen LogP contribution is -2.21. The lowest BCUT2D eigenvalue weighted by atomic mass is 10.1. The summed E-state index contributed by atoms with van der Waals surface area (Å²) in [5.41, 5.74) is 7.20. The molecule has 2 atom stereocenters. The average molecular weight is 275 g/mol. The van der Waals surface area contributed by atoms with E-state index in [1.807, 2.05) is 6.92 Å². The predicted octanol–water partition coefficient (Wildman–Crippen LogP) is 1.15. The van der Waals surface area contributed by atoms with Crippen LogP contribution in [-0.2, 0) is 0 Å². The van der Waals surface area contributed by atoms with Crippen LogP contribution in [0.5, 0.6) is 0 Å². The minimum absolute atomic E-state index is 0.350. The summed E-state index contributed by atoms with van der Waals surface area (Å²) in [6.45, 7) is 1.81. The van der Waals surface area contributed by atoms with Crippen LogP contribution in [0.15, 0.2) is 12.1 Å². The van der Waals surface area contributed by atoms with E-state index in [0.717, 1.165) is 5.69 Å². The number of nitrogens with two attached hydrogens (primary N) is 1. The van der Waals surface area contributed by atoms with E-state index in [4.69, 9.17) is 5.73 Å². The highest BCUT2D eigenvalue weighted by molar-refractivity contribution is 9.09. The number of hydrogen-bond donors (Lipinski definition) is 3. The first-order valence-corrected chi connectivity index (χ1v) is 5.83. The molecule has 0 amide bonds. The van der Waals surface area contributed by atoms with Gasteiger partial charge in [0, 0.05) is 11.0 Å². The molecular weight excluding hydrogens is 260 g/mol. The zero-order valence-corrected chi connectivity index (χ0v) is 10.1. The van der Waals surface area contributed by atoms with Crippen molar-refractivity contribution in [1.29, 1.82) is 0 Å². The van der Waals surface area contributed by atoms with Crippen LogP contribution in [0.2, 0.25) is 0 Å². The number of aliphatic hydroxyl groups is 2. The molecule has 15 heavy (non-hydrogen) atoms. The maximum Gasteiger partial charge on any atom is 0.124 e. The summed E-state index contributed by atoms with van der Waals surface area (Å²) in [7, 11) is 0. The Kier molecular flexibility index (Phi) is 4.50. The number of aromatic nitrogens is 1. The van der Waals surface area contributed by atoms with Crippen molar-refractivity contribution < 1.29 is 10.2 Å². The molecule has 5 heteroatoms. The highest BCUT2D eigenvalue weighted by atomic mass is 79.9. The quantitative estimate of drug-likeness (QED) is 0.720. The Labute approximate surface area is 97.3 Å². The minimum atomic E-state index is -1.03. The fourth-order valence-electron chi connectivity index (χ4n) is 1.28. The molecule has 0 fully saturated rings. The molecule has 2 unspecified atom stereocenters. The van der Waals surface area contributed by atoms with E-state index >= 15 is 0 Å². The Balaban J connectivity index is 2.89. The second-order valence-corrected chi connectivity index (χ2v) is 4.21. The fourth-order valence-corrected chi connectivity index (χ4v) is 1.75. The SMILES string of the molecule is Cc1ccc(N)c(C(O)C(O)CCBr)n1. The molecule has 84 valence electrons. The van der Waals surface area contributed by atoms with Gasteiger partial charge in [-0.2, -0.15) is 0 Å². The molecule has 0 aliphatic heterocycles. The predicted molar refractivity (Wildman–Crippen MR) is 62.8 cm³/mol. The Morgan fingerprint density at radius 1 is 1.47 bits per heavy atom. The summed E-state index contributed by atoms with van der Waals surface area (Å²) < 4.78 is 0. The van der Waals surface area contributed by atoms with Crippen molar-refractivity contribution >= 4 is 21.6 Å². The van der Waals surface area contributed by atoms with Crippen molar-refractivity contribution in [2.75, 3.05) is 11.1 Å². The number of nitrogen functional groups attached to an aromatic ring is 1. The molecule has 0 saturated heterocycles. The molecule has 1 rings (SSSR count). The highest BCUT2D eigenvalue weighted by Gasteiger charge is 2.21. The molecule has 4 nitrogen and oxygen atoms in total. The van der Waals surface area contributed by atoms with Crippen molar-refractivity contribution in [3.05, 3.63) is 23.5 Å². The van der Waals surface area contributed by atoms with Crippen LogP contribution in [0.3, 0.4) is 0 Å². The molecule has 1 aromatic heterocycles. The zero-order chi connectivity index (χ0) is 11.4. The van der Waals surface area contributed by atoms with E-state index in [9.17, 15) is 10.2 Å². The summed E-state index contributed by atoms with van der Waals surface area (Å²) in [6, 6.07) is 3.45. The lowest BCUT2D eigenvalue weighted by Gasteiger charge is -2.18. The van der Waals surface area contributed by atoms with Gasteiger partial charge in [-0.05, 0) is 25.5 Å². The maximum atomic E-state index is 9.81. The van der Waals surface area contributed by atoms with Gasteiger partial charge in [-0.25, -0.2) is 0 Å². The summed E-state index contributed by atoms with van der Waals surface area (Å²) in [6.07, 6.45) is -1.42. The number of alkyl halides is 1. The van der Waals surface area contributed by atoms with Crippen LogP contribution >= 0.6 is 15.9 Å². The van der Waals surface area contributed by atoms with E-state index in [2.05, 4.69) is 20.9 Å². The van der Waals surface area contributed by atoms with Crippen molar-refractivity contribution in [1.82, 2.24) is 4.98 Å². The highest BCUT2D eigenvalue weighted by Crippen LogP contribution is 2.23. The van der Waals surface area contributed by atoms with Gasteiger partial charge in [0.2, 0.25) is 0 Å². The molecule has 0 bridgehead atoms. The third kappa shape index (κ3) is 3.15. The monoisotopic (exact) mass is 274 g/mol. The van der Waals surface area contributed by atoms with Crippen LogP contribution in [0.25, 0.3) is 0 Å². The second-order valence-electron chi connectivity index (χ2n) is 3.42. The Bertz CT molecular complexity index is 333. The normalized spacial score (nSPS) is 14.9. The molecule has 0 spiro atoms. The molecule has 4 N–H and O–H groups in total. The van der Waals surface area contributed by atoms with Crippen LogP contribution in [0, 0.1) is 6.92 Å². The number of rotatable bonds is 4. The molecular formula is C10H15BrN2O2. The van der Waals surface area contributed by atoms with Crippen molar-refractivity contribution in [2.24, 2.45) is 0 Å². The summed E-state index contributed by atoms with van der Waals surface area (Å²) in [5, 5.41) is 20.0. The average Bonchev–Trinajstić information content (AvgIpc) is 2.21. The standard InChI is InChI=1S/C10H15BrN2O2/c1-6-2-3-7(12)9(13-6)10(15)8(14)4-5-11/h2-3,8,10,14-15H,4-5,12H2,1H3. The van der Waals surface area contributed by atoms with Gasteiger partial charge >= 0.3 is 0 Å². The van der Waals surface area contributed by atoms with Crippen molar-refractivity contribution in [3.63, 3.8) is 0 Å². The number of hydrogen-bond acceptors (Lipinski definition) is 4. The van der Waals surface area contributed by atoms with E-state index in [1.165, 1.54) is 0 Å². The second kappa shape index (κ2) is 5.44. The van der Waals surface area contributed by atoms with Gasteiger partial charge in [-0.3, -0.25) is 4.98 Å². The fraction of sp³-hybridized carbons (Fsp3) is 0.500. The molecule has 0 aliphatic carbocycles. The summed E-state index contributed by atoms with van der Waals surface area (Å²) >= 11 is 3.20. The van der Waals surface area contributed by atoms with E-state index in [1.54, 1.807) is 12.1 Å². The van der Waals surface area contributed by atoms with Gasteiger partial charge in [0.15, 0.2) is 0 Å². The topological polar surface area (TPSA) is 79.4 Å². The molecule has 0 aromatic carbocycles. The molecule has 0 aliphatic rings. The van der Waals surface area contributed by atoms with Crippen molar-refractivity contribution in [2.45, 2.75) is 25.6 Å². The summed E-state index contributed by atoms with van der Waals surface area (Å²) in [4.78, 5) is 4.13. The molecule has 1 heterocycles. The molecule has 1 aromatic rings. The van der Waals surface area contributed by atoms with Crippen molar-refractivity contribution in [3.8, 4) is 0 Å². The van der Waals surface area contributed by atoms with Gasteiger partial charge in [0.05, 0.1) is 17.5 Å². The Hall–Kier alpha value is -0.650. The number of pyridine rings is 1. The van der Waals surface area contributed by atoms with E-state index in [-0.39, 0.29) is 0 Å². The Morgan fingerprint density at radius 3 is 2.73 bits per heavy atom. The smallest absolute Gasteiger partial charge is 0.124 e. The first kappa shape index (κ1) is 12.4. The molecule has 0 saturated carbocycles. The number of nitrogens with zero attached hydrogens (tertiary/aromatic N) is 1. The van der Waals surface area contributed by atoms with Gasteiger partial charge in [0.1, 0.15) is 6.10 Å². The van der Waals surface area contributed by atoms with Crippen LogP contribution in [0.1, 0.15) is 23.9 Å². The van der Waals surface area contributed by atoms with Gasteiger partial charge < -0.3 is 15.9 Å². The maximum absolute atomic E-state index is 9.81. The lowest BCUT2D eigenvalue weighted by molar-refractivity contribution is 0.0152. The number of anilines is 1. The van der Waals surface area contributed by atoms with Crippen LogP contribution in [-0.4, -0.2) is 26.6 Å². The third-order valence-electron chi connectivity index (χ3n) is 2.15. The summed E-state index contributed by atoms with van der Waals surface area (Å²) in [5.74, 6) is 0. The zero-order valence-electron chi connectivity index (χ0n) is 8.52. The third-order valence-corrected chi connectivity index (χ3v) is 2.60. The van der Waals surface area contributed by atoms with Gasteiger partial charge in [-0.15, -0.1) is 0 Å². The van der Waals surface area contributed by atoms with Gasteiger partial charge in [-0.1, -0.05) is 15.9 Å². The first-order valence-electron chi connectivity index (χ1n) is 4.71. The Morgan fingerprint density at radius 2 is 2.13 bits per heavy atom. The number of aliphatic hydroxyl groups excluding tert-OH is 2. The minimum Gasteiger partial charge on any atom is -0.397 e. The molecule has 0 radical (unpaired) electrons. The van der Waals surface area contributed by atoms with Gasteiger partial charge in [0.25, 0.3) is 0 Å². The van der Waals surface area contributed by atoms with Crippen LogP contribution < -0.4 is 5.73 Å².